The van der Waals surface area contributed by atoms with Gasteiger partial charge in [-0.1, -0.05) is 84.9 Å². The van der Waals surface area contributed by atoms with Crippen molar-refractivity contribution in [3.63, 3.8) is 0 Å². The Bertz CT molecular complexity index is 1290. The lowest BCUT2D eigenvalue weighted by atomic mass is 10.1. The van der Waals surface area contributed by atoms with Gasteiger partial charge in [-0.15, -0.1) is 11.8 Å². The Morgan fingerprint density at radius 2 is 1.39 bits per heavy atom. The molecule has 31 heavy (non-hydrogen) atoms. The molecule has 0 aliphatic heterocycles. The van der Waals surface area contributed by atoms with Crippen LogP contribution < -0.4 is 0 Å². The van der Waals surface area contributed by atoms with E-state index in [1.807, 2.05) is 11.8 Å². The molecular formula is C28H24N2S. The van der Waals surface area contributed by atoms with Crippen LogP contribution in [0.2, 0.25) is 0 Å². The summed E-state index contributed by atoms with van der Waals surface area (Å²) in [6.07, 6.45) is 0. The molecule has 4 aromatic carbocycles. The van der Waals surface area contributed by atoms with Crippen LogP contribution in [0.25, 0.3) is 11.0 Å². The van der Waals surface area contributed by atoms with Gasteiger partial charge in [-0.2, -0.15) is 0 Å². The van der Waals surface area contributed by atoms with Crippen LogP contribution >= 0.6 is 11.8 Å². The maximum absolute atomic E-state index is 5.15. The number of para-hydroxylation sites is 2. The zero-order chi connectivity index (χ0) is 21.0. The molecule has 0 saturated heterocycles. The van der Waals surface area contributed by atoms with E-state index >= 15 is 0 Å². The molecule has 0 bridgehead atoms. The highest BCUT2D eigenvalue weighted by Crippen LogP contribution is 2.41. The second kappa shape index (κ2) is 8.83. The first kappa shape index (κ1) is 19.7. The summed E-state index contributed by atoms with van der Waals surface area (Å²) in [5.41, 5.74) is 6.11. The lowest BCUT2D eigenvalue weighted by Crippen LogP contribution is -2.10. The fourth-order valence-electron chi connectivity index (χ4n) is 3.95. The number of nitrogens with zero attached hydrogens (tertiary/aromatic N) is 2. The Morgan fingerprint density at radius 1 is 0.742 bits per heavy atom. The van der Waals surface area contributed by atoms with Gasteiger partial charge in [0, 0.05) is 11.4 Å². The van der Waals surface area contributed by atoms with Crippen molar-refractivity contribution in [2.75, 3.05) is 0 Å². The summed E-state index contributed by atoms with van der Waals surface area (Å²) in [6.45, 7) is 2.99. The molecule has 0 N–H and O–H groups in total. The van der Waals surface area contributed by atoms with E-state index < -0.39 is 0 Å². The van der Waals surface area contributed by atoms with E-state index in [1.54, 1.807) is 0 Å². The summed E-state index contributed by atoms with van der Waals surface area (Å²) < 4.78 is 2.39. The second-order valence-corrected chi connectivity index (χ2v) is 8.87. The van der Waals surface area contributed by atoms with Gasteiger partial charge in [-0.25, -0.2) is 4.98 Å². The van der Waals surface area contributed by atoms with Crippen molar-refractivity contribution in [2.45, 2.75) is 23.6 Å². The fraction of sp³-hybridized carbons (Fsp3) is 0.107. The summed E-state index contributed by atoms with van der Waals surface area (Å²) in [5.74, 6) is 1.09. The minimum atomic E-state index is 0.0972. The largest absolute Gasteiger partial charge is 0.322 e. The van der Waals surface area contributed by atoms with Crippen molar-refractivity contribution < 1.29 is 0 Å². The van der Waals surface area contributed by atoms with Crippen LogP contribution in [0.4, 0.5) is 0 Å². The molecular weight excluding hydrogens is 396 g/mol. The molecule has 0 radical (unpaired) electrons. The summed E-state index contributed by atoms with van der Waals surface area (Å²) in [4.78, 5) is 6.40. The number of fused-ring (bicyclic) bond motifs is 1. The predicted octanol–water partition coefficient (Wildman–Crippen LogP) is 7.27. The van der Waals surface area contributed by atoms with Gasteiger partial charge in [0.15, 0.2) is 0 Å². The molecule has 1 unspecified atom stereocenters. The molecule has 5 rings (SSSR count). The zero-order valence-electron chi connectivity index (χ0n) is 17.5. The number of aryl methyl sites for hydroxylation is 1. The van der Waals surface area contributed by atoms with Crippen molar-refractivity contribution in [1.82, 2.24) is 9.55 Å². The van der Waals surface area contributed by atoms with Crippen LogP contribution in [0, 0.1) is 6.92 Å². The van der Waals surface area contributed by atoms with E-state index in [1.165, 1.54) is 27.1 Å². The smallest absolute Gasteiger partial charge is 0.128 e. The Labute approximate surface area is 187 Å². The summed E-state index contributed by atoms with van der Waals surface area (Å²) in [7, 11) is 0. The molecule has 0 aliphatic carbocycles. The molecule has 0 aliphatic rings. The van der Waals surface area contributed by atoms with Crippen molar-refractivity contribution in [1.29, 1.82) is 0 Å². The number of rotatable bonds is 6. The van der Waals surface area contributed by atoms with Gasteiger partial charge in [-0.05, 0) is 47.9 Å². The minimum Gasteiger partial charge on any atom is -0.322 e. The Morgan fingerprint density at radius 3 is 2.16 bits per heavy atom. The average molecular weight is 421 g/mol. The molecule has 0 spiro atoms. The third-order valence-electron chi connectivity index (χ3n) is 5.61. The molecule has 3 heteroatoms. The molecule has 1 atom stereocenters. The monoisotopic (exact) mass is 420 g/mol. The van der Waals surface area contributed by atoms with Crippen molar-refractivity contribution in [2.24, 2.45) is 0 Å². The first-order valence-electron chi connectivity index (χ1n) is 10.6. The maximum Gasteiger partial charge on any atom is 0.128 e. The van der Waals surface area contributed by atoms with Gasteiger partial charge in [0.1, 0.15) is 5.82 Å². The maximum atomic E-state index is 5.15. The normalized spacial score (nSPS) is 12.2. The van der Waals surface area contributed by atoms with Crippen molar-refractivity contribution >= 4 is 22.8 Å². The second-order valence-electron chi connectivity index (χ2n) is 7.69. The topological polar surface area (TPSA) is 17.8 Å². The number of thioether (sulfide) groups is 1. The van der Waals surface area contributed by atoms with Crippen molar-refractivity contribution in [3.05, 3.63) is 132 Å². The minimum absolute atomic E-state index is 0.0972. The van der Waals surface area contributed by atoms with Gasteiger partial charge >= 0.3 is 0 Å². The highest BCUT2D eigenvalue weighted by atomic mass is 32.2. The zero-order valence-corrected chi connectivity index (χ0v) is 18.3. The summed E-state index contributed by atoms with van der Waals surface area (Å²) in [6, 6.07) is 38.4. The third kappa shape index (κ3) is 4.14. The quantitative estimate of drug-likeness (QED) is 0.269. The molecule has 0 amide bonds. The molecule has 5 aromatic rings. The van der Waals surface area contributed by atoms with Gasteiger partial charge in [0.05, 0.1) is 16.3 Å². The molecule has 152 valence electrons. The lowest BCUT2D eigenvalue weighted by Gasteiger charge is -2.20. The van der Waals surface area contributed by atoms with Crippen molar-refractivity contribution in [3.8, 4) is 0 Å². The van der Waals surface area contributed by atoms with E-state index in [2.05, 4.69) is 121 Å². The van der Waals surface area contributed by atoms with E-state index in [0.29, 0.717) is 0 Å². The lowest BCUT2D eigenvalue weighted by molar-refractivity contribution is 0.753. The van der Waals surface area contributed by atoms with Crippen LogP contribution in [0.3, 0.4) is 0 Å². The Balaban J connectivity index is 1.67. The standard InChI is InChI=1S/C28H24N2S/c1-21-12-8-9-15-23(21)20-30-26-19-11-10-18-25(26)29-28(30)27(22-13-4-2-5-14-22)31-24-16-6-3-7-17-24/h2-19,27H,20H2,1H3. The van der Waals surface area contributed by atoms with Gasteiger partial charge in [0.2, 0.25) is 0 Å². The first-order valence-corrected chi connectivity index (χ1v) is 11.4. The van der Waals surface area contributed by atoms with Crippen LogP contribution in [0.15, 0.2) is 114 Å². The third-order valence-corrected chi connectivity index (χ3v) is 6.87. The fourth-order valence-corrected chi connectivity index (χ4v) is 5.12. The van der Waals surface area contributed by atoms with Crippen LogP contribution in [-0.2, 0) is 6.54 Å². The number of imidazole rings is 1. The van der Waals surface area contributed by atoms with Gasteiger partial charge in [-0.3, -0.25) is 0 Å². The van der Waals surface area contributed by atoms with E-state index in [0.717, 1.165) is 17.9 Å². The highest BCUT2D eigenvalue weighted by Gasteiger charge is 2.23. The van der Waals surface area contributed by atoms with E-state index in [4.69, 9.17) is 4.98 Å². The molecule has 1 heterocycles. The summed E-state index contributed by atoms with van der Waals surface area (Å²) >= 11 is 1.86. The average Bonchev–Trinajstić information content (AvgIpc) is 3.18. The van der Waals surface area contributed by atoms with Gasteiger partial charge < -0.3 is 4.57 Å². The molecule has 0 saturated carbocycles. The first-order chi connectivity index (χ1) is 15.3. The number of hydrogen-bond acceptors (Lipinski definition) is 2. The Kier molecular flexibility index (Phi) is 5.59. The Hall–Kier alpha value is -3.30. The highest BCUT2D eigenvalue weighted by molar-refractivity contribution is 7.99. The van der Waals surface area contributed by atoms with Gasteiger partial charge in [0.25, 0.3) is 0 Å². The molecule has 2 nitrogen and oxygen atoms in total. The molecule has 1 aromatic heterocycles. The SMILES string of the molecule is Cc1ccccc1Cn1c(C(Sc2ccccc2)c2ccccc2)nc2ccccc21. The van der Waals surface area contributed by atoms with E-state index in [-0.39, 0.29) is 5.25 Å². The van der Waals surface area contributed by atoms with Crippen LogP contribution in [-0.4, -0.2) is 9.55 Å². The van der Waals surface area contributed by atoms with E-state index in [9.17, 15) is 0 Å². The number of hydrogen-bond donors (Lipinski definition) is 0. The molecule has 0 fully saturated rings. The predicted molar refractivity (Wildman–Crippen MR) is 131 cm³/mol. The number of aromatic nitrogens is 2. The summed E-state index contributed by atoms with van der Waals surface area (Å²) in [5, 5.41) is 0.0972. The number of benzene rings is 4. The van der Waals surface area contributed by atoms with Crippen LogP contribution in [0.5, 0.6) is 0 Å². The van der Waals surface area contributed by atoms with Crippen LogP contribution in [0.1, 0.15) is 27.8 Å².